The maximum Gasteiger partial charge on any atom is 0.158 e. The summed E-state index contributed by atoms with van der Waals surface area (Å²) < 4.78 is 11.3. The third-order valence-corrected chi connectivity index (χ3v) is 3.69. The molecule has 1 atom stereocenters. The van der Waals surface area contributed by atoms with Gasteiger partial charge in [-0.3, -0.25) is 0 Å². The summed E-state index contributed by atoms with van der Waals surface area (Å²) in [6.45, 7) is 2.68. The number of rotatable bonds is 9. The predicted octanol–water partition coefficient (Wildman–Crippen LogP) is 3.30. The van der Waals surface area contributed by atoms with E-state index in [2.05, 4.69) is 29.6 Å². The molecule has 4 heteroatoms. The monoisotopic (exact) mass is 293 g/mol. The number of aliphatic hydroxyl groups excluding tert-OH is 1. The second-order valence-corrected chi connectivity index (χ2v) is 5.52. The number of unbranched alkanes of at least 4 members (excludes halogenated alkanes) is 2. The lowest BCUT2D eigenvalue weighted by molar-refractivity contribution is -0.168. The molecule has 21 heavy (non-hydrogen) atoms. The Morgan fingerprint density at radius 1 is 1.14 bits per heavy atom. The van der Waals surface area contributed by atoms with Gasteiger partial charge < -0.3 is 19.9 Å². The maximum absolute atomic E-state index is 8.72. The minimum atomic E-state index is -0.0249. The van der Waals surface area contributed by atoms with Gasteiger partial charge in [0.25, 0.3) is 0 Å². The Balaban J connectivity index is 1.64. The van der Waals surface area contributed by atoms with Gasteiger partial charge in [-0.05, 0) is 56.2 Å². The van der Waals surface area contributed by atoms with Gasteiger partial charge in [-0.15, -0.1) is 0 Å². The van der Waals surface area contributed by atoms with Crippen molar-refractivity contribution in [1.29, 1.82) is 0 Å². The van der Waals surface area contributed by atoms with Crippen molar-refractivity contribution in [3.8, 4) is 0 Å². The van der Waals surface area contributed by atoms with Crippen molar-refractivity contribution in [3.05, 3.63) is 29.8 Å². The first-order chi connectivity index (χ1) is 10.4. The lowest BCUT2D eigenvalue weighted by atomic mass is 10.2. The van der Waals surface area contributed by atoms with Crippen molar-refractivity contribution in [2.75, 3.05) is 25.1 Å². The Morgan fingerprint density at radius 2 is 2.00 bits per heavy atom. The van der Waals surface area contributed by atoms with E-state index < -0.39 is 0 Å². The molecule has 0 saturated carbocycles. The van der Waals surface area contributed by atoms with Gasteiger partial charge in [-0.1, -0.05) is 12.1 Å². The van der Waals surface area contributed by atoms with Crippen molar-refractivity contribution >= 4 is 5.69 Å². The Morgan fingerprint density at radius 3 is 2.71 bits per heavy atom. The fraction of sp³-hybridized carbons (Fsp3) is 0.647. The molecule has 1 aliphatic heterocycles. The molecule has 0 aromatic heterocycles. The molecule has 1 aromatic rings. The number of anilines is 1. The summed E-state index contributed by atoms with van der Waals surface area (Å²) in [7, 11) is 0. The van der Waals surface area contributed by atoms with Crippen LogP contribution in [0.25, 0.3) is 0 Å². The highest BCUT2D eigenvalue weighted by Gasteiger charge is 2.13. The molecule has 4 nitrogen and oxygen atoms in total. The Kier molecular flexibility index (Phi) is 7.57. The molecule has 2 N–H and O–H groups in total. The van der Waals surface area contributed by atoms with Crippen LogP contribution < -0.4 is 5.32 Å². The largest absolute Gasteiger partial charge is 0.396 e. The van der Waals surface area contributed by atoms with E-state index in [9.17, 15) is 0 Å². The highest BCUT2D eigenvalue weighted by Crippen LogP contribution is 2.16. The summed E-state index contributed by atoms with van der Waals surface area (Å²) in [6, 6.07) is 8.37. The highest BCUT2D eigenvalue weighted by molar-refractivity contribution is 5.44. The van der Waals surface area contributed by atoms with E-state index in [1.54, 1.807) is 0 Å². The molecule has 1 heterocycles. The molecule has 1 fully saturated rings. The molecule has 1 aromatic carbocycles. The Labute approximate surface area is 127 Å². The van der Waals surface area contributed by atoms with E-state index >= 15 is 0 Å². The number of benzene rings is 1. The number of nitrogens with one attached hydrogen (secondary N) is 1. The minimum Gasteiger partial charge on any atom is -0.396 e. The lowest BCUT2D eigenvalue weighted by Gasteiger charge is -2.22. The van der Waals surface area contributed by atoms with E-state index in [0.29, 0.717) is 13.2 Å². The van der Waals surface area contributed by atoms with E-state index in [0.717, 1.165) is 50.9 Å². The predicted molar refractivity (Wildman–Crippen MR) is 84.2 cm³/mol. The van der Waals surface area contributed by atoms with Crippen molar-refractivity contribution in [2.24, 2.45) is 0 Å². The van der Waals surface area contributed by atoms with Crippen LogP contribution in [-0.4, -0.2) is 31.2 Å². The normalized spacial score (nSPS) is 18.6. The third-order valence-electron chi connectivity index (χ3n) is 3.69. The zero-order valence-corrected chi connectivity index (χ0v) is 12.7. The first kappa shape index (κ1) is 16.3. The van der Waals surface area contributed by atoms with Crippen LogP contribution in [0.2, 0.25) is 0 Å². The Bertz CT molecular complexity index is 374. The number of aliphatic hydroxyl groups is 1. The zero-order valence-electron chi connectivity index (χ0n) is 12.7. The number of hydrogen-bond acceptors (Lipinski definition) is 4. The van der Waals surface area contributed by atoms with Crippen LogP contribution in [0.3, 0.4) is 0 Å². The standard InChI is InChI=1S/C17H27NO3/c19-12-4-1-3-11-18-16-9-7-15(8-10-16)14-21-17-6-2-5-13-20-17/h7-10,17-19H,1-6,11-14H2. The maximum atomic E-state index is 8.72. The SMILES string of the molecule is OCCCCCNc1ccc(COC2CCCCO2)cc1. The third kappa shape index (κ3) is 6.46. The topological polar surface area (TPSA) is 50.7 Å². The van der Waals surface area contributed by atoms with Gasteiger partial charge in [-0.2, -0.15) is 0 Å². The van der Waals surface area contributed by atoms with Gasteiger partial charge in [0.05, 0.1) is 6.61 Å². The van der Waals surface area contributed by atoms with Gasteiger partial charge in [0.2, 0.25) is 0 Å². The van der Waals surface area contributed by atoms with Crippen LogP contribution in [0.4, 0.5) is 5.69 Å². The summed E-state index contributed by atoms with van der Waals surface area (Å²) in [4.78, 5) is 0. The summed E-state index contributed by atoms with van der Waals surface area (Å²) in [6.07, 6.45) is 6.38. The van der Waals surface area contributed by atoms with E-state index in [1.807, 2.05) is 0 Å². The van der Waals surface area contributed by atoms with Crippen LogP contribution in [0, 0.1) is 0 Å². The number of ether oxygens (including phenoxy) is 2. The molecule has 1 saturated heterocycles. The summed E-state index contributed by atoms with van der Waals surface area (Å²) >= 11 is 0. The second-order valence-electron chi connectivity index (χ2n) is 5.52. The van der Waals surface area contributed by atoms with Crippen LogP contribution in [0.15, 0.2) is 24.3 Å². The van der Waals surface area contributed by atoms with Crippen molar-refractivity contribution in [3.63, 3.8) is 0 Å². The first-order valence-corrected chi connectivity index (χ1v) is 8.05. The first-order valence-electron chi connectivity index (χ1n) is 8.05. The van der Waals surface area contributed by atoms with Crippen LogP contribution >= 0.6 is 0 Å². The van der Waals surface area contributed by atoms with Gasteiger partial charge >= 0.3 is 0 Å². The molecule has 0 aliphatic carbocycles. The fourth-order valence-corrected chi connectivity index (χ4v) is 2.40. The summed E-state index contributed by atoms with van der Waals surface area (Å²) in [5, 5.41) is 12.1. The molecule has 0 radical (unpaired) electrons. The van der Waals surface area contributed by atoms with Crippen LogP contribution in [0.5, 0.6) is 0 Å². The minimum absolute atomic E-state index is 0.0249. The molecule has 0 spiro atoms. The molecular weight excluding hydrogens is 266 g/mol. The molecule has 0 bridgehead atoms. The quantitative estimate of drug-likeness (QED) is 0.686. The molecule has 118 valence electrons. The molecule has 2 rings (SSSR count). The lowest BCUT2D eigenvalue weighted by Crippen LogP contribution is -2.21. The molecule has 1 aliphatic rings. The van der Waals surface area contributed by atoms with Crippen LogP contribution in [-0.2, 0) is 16.1 Å². The molecular formula is C17H27NO3. The van der Waals surface area contributed by atoms with Gasteiger partial charge in [0.15, 0.2) is 6.29 Å². The molecule has 0 amide bonds. The summed E-state index contributed by atoms with van der Waals surface area (Å²) in [5.41, 5.74) is 2.31. The Hall–Kier alpha value is -1.10. The summed E-state index contributed by atoms with van der Waals surface area (Å²) in [5.74, 6) is 0. The number of hydrogen-bond donors (Lipinski definition) is 2. The van der Waals surface area contributed by atoms with Crippen molar-refractivity contribution < 1.29 is 14.6 Å². The molecule has 1 unspecified atom stereocenters. The average Bonchev–Trinajstić information content (AvgIpc) is 2.55. The van der Waals surface area contributed by atoms with Gasteiger partial charge in [-0.25, -0.2) is 0 Å². The van der Waals surface area contributed by atoms with Gasteiger partial charge in [0, 0.05) is 25.4 Å². The van der Waals surface area contributed by atoms with Crippen molar-refractivity contribution in [2.45, 2.75) is 51.4 Å². The van der Waals surface area contributed by atoms with Gasteiger partial charge in [0.1, 0.15) is 0 Å². The van der Waals surface area contributed by atoms with Crippen molar-refractivity contribution in [1.82, 2.24) is 0 Å². The van der Waals surface area contributed by atoms with E-state index in [1.165, 1.54) is 12.0 Å². The fourth-order valence-electron chi connectivity index (χ4n) is 2.40. The smallest absolute Gasteiger partial charge is 0.158 e. The van der Waals surface area contributed by atoms with E-state index in [4.69, 9.17) is 14.6 Å². The second kappa shape index (κ2) is 9.77. The highest BCUT2D eigenvalue weighted by atomic mass is 16.7. The average molecular weight is 293 g/mol. The van der Waals surface area contributed by atoms with Crippen LogP contribution in [0.1, 0.15) is 44.1 Å². The zero-order chi connectivity index (χ0) is 14.8. The van der Waals surface area contributed by atoms with E-state index in [-0.39, 0.29) is 6.29 Å².